The van der Waals surface area contributed by atoms with Crippen molar-refractivity contribution in [2.45, 2.75) is 25.7 Å². The quantitative estimate of drug-likeness (QED) is 0.922. The minimum absolute atomic E-state index is 0.415. The number of anilines is 1. The molecule has 1 aliphatic rings. The minimum Gasteiger partial charge on any atom is -0.496 e. The summed E-state index contributed by atoms with van der Waals surface area (Å²) in [5.41, 5.74) is 1.08. The highest BCUT2D eigenvalue weighted by Crippen LogP contribution is 2.28. The number of hydrogen-bond donors (Lipinski definition) is 1. The summed E-state index contributed by atoms with van der Waals surface area (Å²) in [6.07, 6.45) is 3.53. The zero-order valence-corrected chi connectivity index (χ0v) is 12.1. The Kier molecular flexibility index (Phi) is 4.64. The molecule has 1 N–H and O–H groups in total. The number of nitrogens with one attached hydrogen (secondary N) is 1. The number of Topliss-reactive ketones (excluding diaryl/α,β-unsaturated/α-hetero) is 1. The molecule has 18 heavy (non-hydrogen) atoms. The van der Waals surface area contributed by atoms with Crippen LogP contribution >= 0.6 is 15.9 Å². The van der Waals surface area contributed by atoms with E-state index in [1.807, 2.05) is 18.2 Å². The average Bonchev–Trinajstić information content (AvgIpc) is 2.38. The second kappa shape index (κ2) is 6.23. The van der Waals surface area contributed by atoms with Gasteiger partial charge in [0.2, 0.25) is 0 Å². The second-order valence-corrected chi connectivity index (χ2v) is 5.57. The van der Waals surface area contributed by atoms with E-state index in [-0.39, 0.29) is 0 Å². The van der Waals surface area contributed by atoms with Gasteiger partial charge < -0.3 is 10.1 Å². The monoisotopic (exact) mass is 311 g/mol. The van der Waals surface area contributed by atoms with Gasteiger partial charge in [0.1, 0.15) is 11.5 Å². The standard InChI is InChI=1S/C14H18BrNO2/c1-18-14-7-4-11(8-13(14)15)16-9-10-2-5-12(17)6-3-10/h4,7-8,10,16H,2-3,5-6,9H2,1H3. The van der Waals surface area contributed by atoms with Crippen LogP contribution < -0.4 is 10.1 Å². The molecular formula is C14H18BrNO2. The van der Waals surface area contributed by atoms with Crippen molar-refractivity contribution < 1.29 is 9.53 Å². The number of methoxy groups -OCH3 is 1. The summed E-state index contributed by atoms with van der Waals surface area (Å²) in [7, 11) is 1.66. The van der Waals surface area contributed by atoms with Crippen molar-refractivity contribution in [3.8, 4) is 5.75 Å². The van der Waals surface area contributed by atoms with Crippen LogP contribution in [0.4, 0.5) is 5.69 Å². The Balaban J connectivity index is 1.86. The third-order valence-electron chi connectivity index (χ3n) is 3.41. The molecule has 4 heteroatoms. The van der Waals surface area contributed by atoms with Crippen LogP contribution in [0.25, 0.3) is 0 Å². The molecule has 0 aliphatic heterocycles. The van der Waals surface area contributed by atoms with Gasteiger partial charge in [0.05, 0.1) is 11.6 Å². The van der Waals surface area contributed by atoms with Crippen LogP contribution in [-0.4, -0.2) is 19.4 Å². The Morgan fingerprint density at radius 2 is 2.11 bits per heavy atom. The Labute approximate surface area is 116 Å². The van der Waals surface area contributed by atoms with Crippen molar-refractivity contribution in [1.29, 1.82) is 0 Å². The van der Waals surface area contributed by atoms with Gasteiger partial charge in [-0.1, -0.05) is 0 Å². The van der Waals surface area contributed by atoms with Crippen LogP contribution in [0.2, 0.25) is 0 Å². The Morgan fingerprint density at radius 1 is 1.39 bits per heavy atom. The molecule has 0 radical (unpaired) electrons. The lowest BCUT2D eigenvalue weighted by Gasteiger charge is -2.21. The van der Waals surface area contributed by atoms with E-state index in [2.05, 4.69) is 21.2 Å². The van der Waals surface area contributed by atoms with E-state index in [1.165, 1.54) is 0 Å². The van der Waals surface area contributed by atoms with Crippen LogP contribution in [0.5, 0.6) is 5.75 Å². The summed E-state index contributed by atoms with van der Waals surface area (Å²) in [5, 5.41) is 3.42. The third kappa shape index (κ3) is 3.48. The Hall–Kier alpha value is -1.03. The number of halogens is 1. The van der Waals surface area contributed by atoms with Crippen molar-refractivity contribution in [3.05, 3.63) is 22.7 Å². The molecule has 98 valence electrons. The predicted molar refractivity (Wildman–Crippen MR) is 76.1 cm³/mol. The zero-order chi connectivity index (χ0) is 13.0. The number of ether oxygens (including phenoxy) is 1. The molecule has 0 aromatic heterocycles. The van der Waals surface area contributed by atoms with Crippen LogP contribution in [0.15, 0.2) is 22.7 Å². The van der Waals surface area contributed by atoms with Crippen molar-refractivity contribution in [2.75, 3.05) is 19.0 Å². The highest BCUT2D eigenvalue weighted by molar-refractivity contribution is 9.10. The van der Waals surface area contributed by atoms with Gasteiger partial charge in [-0.05, 0) is 52.9 Å². The maximum absolute atomic E-state index is 11.2. The first-order valence-electron chi connectivity index (χ1n) is 6.28. The number of rotatable bonds is 4. The van der Waals surface area contributed by atoms with Crippen molar-refractivity contribution in [2.24, 2.45) is 5.92 Å². The van der Waals surface area contributed by atoms with Gasteiger partial charge in [0, 0.05) is 25.1 Å². The van der Waals surface area contributed by atoms with E-state index in [1.54, 1.807) is 7.11 Å². The molecule has 0 amide bonds. The summed E-state index contributed by atoms with van der Waals surface area (Å²) < 4.78 is 6.15. The van der Waals surface area contributed by atoms with Gasteiger partial charge in [-0.2, -0.15) is 0 Å². The molecule has 1 aromatic rings. The smallest absolute Gasteiger partial charge is 0.133 e. The van der Waals surface area contributed by atoms with Crippen molar-refractivity contribution >= 4 is 27.4 Å². The molecule has 1 saturated carbocycles. The normalized spacial score (nSPS) is 16.7. The van der Waals surface area contributed by atoms with E-state index >= 15 is 0 Å². The number of hydrogen-bond acceptors (Lipinski definition) is 3. The first-order valence-corrected chi connectivity index (χ1v) is 7.07. The molecule has 0 unspecified atom stereocenters. The Morgan fingerprint density at radius 3 is 2.72 bits per heavy atom. The van der Waals surface area contributed by atoms with Crippen LogP contribution in [0, 0.1) is 5.92 Å². The molecule has 1 fully saturated rings. The lowest BCUT2D eigenvalue weighted by molar-refractivity contribution is -0.120. The van der Waals surface area contributed by atoms with Gasteiger partial charge in [0.25, 0.3) is 0 Å². The average molecular weight is 312 g/mol. The largest absolute Gasteiger partial charge is 0.496 e. The molecular weight excluding hydrogens is 294 g/mol. The van der Waals surface area contributed by atoms with Crippen LogP contribution in [0.1, 0.15) is 25.7 Å². The van der Waals surface area contributed by atoms with E-state index in [9.17, 15) is 4.79 Å². The Bertz CT molecular complexity index is 424. The third-order valence-corrected chi connectivity index (χ3v) is 4.03. The summed E-state index contributed by atoms with van der Waals surface area (Å²) in [4.78, 5) is 11.2. The molecule has 0 saturated heterocycles. The van der Waals surface area contributed by atoms with E-state index in [4.69, 9.17) is 4.74 Å². The van der Waals surface area contributed by atoms with E-state index < -0.39 is 0 Å². The maximum Gasteiger partial charge on any atom is 0.133 e. The molecule has 1 aliphatic carbocycles. The summed E-state index contributed by atoms with van der Waals surface area (Å²) in [6.45, 7) is 0.937. The fourth-order valence-electron chi connectivity index (χ4n) is 2.24. The van der Waals surface area contributed by atoms with Gasteiger partial charge >= 0.3 is 0 Å². The van der Waals surface area contributed by atoms with Crippen LogP contribution in [0.3, 0.4) is 0 Å². The first kappa shape index (κ1) is 13.4. The molecule has 0 bridgehead atoms. The summed E-state index contributed by atoms with van der Waals surface area (Å²) >= 11 is 3.47. The summed E-state index contributed by atoms with van der Waals surface area (Å²) in [6, 6.07) is 5.97. The van der Waals surface area contributed by atoms with Crippen molar-refractivity contribution in [1.82, 2.24) is 0 Å². The fraction of sp³-hybridized carbons (Fsp3) is 0.500. The lowest BCUT2D eigenvalue weighted by Crippen LogP contribution is -2.21. The highest BCUT2D eigenvalue weighted by atomic mass is 79.9. The molecule has 0 spiro atoms. The molecule has 3 nitrogen and oxygen atoms in total. The minimum atomic E-state index is 0.415. The van der Waals surface area contributed by atoms with E-state index in [0.717, 1.165) is 48.1 Å². The van der Waals surface area contributed by atoms with Gasteiger partial charge in [-0.3, -0.25) is 4.79 Å². The molecule has 1 aromatic carbocycles. The maximum atomic E-state index is 11.2. The number of carbonyl (C=O) groups excluding carboxylic acids is 1. The number of benzene rings is 1. The predicted octanol–water partition coefficient (Wildman–Crippen LogP) is 3.63. The summed E-state index contributed by atoms with van der Waals surface area (Å²) in [5.74, 6) is 1.87. The molecule has 2 rings (SSSR count). The van der Waals surface area contributed by atoms with Gasteiger partial charge in [-0.15, -0.1) is 0 Å². The zero-order valence-electron chi connectivity index (χ0n) is 10.5. The van der Waals surface area contributed by atoms with E-state index in [0.29, 0.717) is 11.7 Å². The number of carbonyl (C=O) groups is 1. The van der Waals surface area contributed by atoms with Crippen molar-refractivity contribution in [3.63, 3.8) is 0 Å². The first-order chi connectivity index (χ1) is 8.69. The second-order valence-electron chi connectivity index (χ2n) is 4.71. The fourth-order valence-corrected chi connectivity index (χ4v) is 2.78. The molecule has 0 heterocycles. The van der Waals surface area contributed by atoms with Gasteiger partial charge in [0.15, 0.2) is 0 Å². The SMILES string of the molecule is COc1ccc(NCC2CCC(=O)CC2)cc1Br. The van der Waals surface area contributed by atoms with Gasteiger partial charge in [-0.25, -0.2) is 0 Å². The van der Waals surface area contributed by atoms with Crippen LogP contribution in [-0.2, 0) is 4.79 Å². The molecule has 0 atom stereocenters. The lowest BCUT2D eigenvalue weighted by atomic mass is 9.88. The highest BCUT2D eigenvalue weighted by Gasteiger charge is 2.18. The number of ketones is 1. The topological polar surface area (TPSA) is 38.3 Å².